The number of hydrogen-bond acceptors (Lipinski definition) is 8. The second-order valence-corrected chi connectivity index (χ2v) is 6.04. The lowest BCUT2D eigenvalue weighted by atomic mass is 10.3. The zero-order chi connectivity index (χ0) is 23.3. The van der Waals surface area contributed by atoms with Crippen molar-refractivity contribution >= 4 is 35.1 Å². The third-order valence-corrected chi connectivity index (χ3v) is 3.79. The second-order valence-electron chi connectivity index (χ2n) is 6.04. The predicted molar refractivity (Wildman–Crippen MR) is 114 cm³/mol. The molecule has 0 radical (unpaired) electrons. The molecule has 32 heavy (non-hydrogen) atoms. The van der Waals surface area contributed by atoms with E-state index in [2.05, 4.69) is 20.1 Å². The van der Waals surface area contributed by atoms with Crippen molar-refractivity contribution in [2.75, 3.05) is 37.1 Å². The largest absolute Gasteiger partial charge is 0.488 e. The Morgan fingerprint density at radius 1 is 0.656 bits per heavy atom. The Balaban J connectivity index is 1.92. The molecule has 0 unspecified atom stereocenters. The molecule has 2 aromatic carbocycles. The number of hydrogen-bond donors (Lipinski definition) is 2. The van der Waals surface area contributed by atoms with Gasteiger partial charge in [0.2, 0.25) is 0 Å². The molecule has 170 valence electrons. The fraction of sp³-hybridized carbons (Fsp3) is 0.273. The van der Waals surface area contributed by atoms with Gasteiger partial charge >= 0.3 is 23.8 Å². The minimum Gasteiger partial charge on any atom is -0.488 e. The first-order valence-corrected chi connectivity index (χ1v) is 9.86. The summed E-state index contributed by atoms with van der Waals surface area (Å²) in [5.74, 6) is -3.15. The first-order valence-electron chi connectivity index (χ1n) is 9.86. The standard InChI is InChI=1S/C22H24N2O8/c1-3-29-21(27)19(25)23-15-9-5-7-11-17(15)31-13-14-32-18-12-8-6-10-16(18)24-20(26)22(28)30-4-2/h5-12H,3-4,13-14H2,1-2H3,(H,23,25)(H,24,26). The Hall–Kier alpha value is -4.08. The van der Waals surface area contributed by atoms with E-state index in [9.17, 15) is 19.2 Å². The van der Waals surface area contributed by atoms with Crippen molar-refractivity contribution < 1.29 is 38.1 Å². The lowest BCUT2D eigenvalue weighted by Gasteiger charge is -2.14. The van der Waals surface area contributed by atoms with Crippen molar-refractivity contribution in [3.63, 3.8) is 0 Å². The van der Waals surface area contributed by atoms with Gasteiger partial charge in [-0.1, -0.05) is 24.3 Å². The number of esters is 2. The smallest absolute Gasteiger partial charge is 0.397 e. The highest BCUT2D eigenvalue weighted by atomic mass is 16.5. The fourth-order valence-corrected chi connectivity index (χ4v) is 2.43. The van der Waals surface area contributed by atoms with Gasteiger partial charge in [-0.05, 0) is 38.1 Å². The minimum absolute atomic E-state index is 0.0868. The zero-order valence-corrected chi connectivity index (χ0v) is 17.7. The average molecular weight is 444 g/mol. The lowest BCUT2D eigenvalue weighted by Crippen LogP contribution is -2.25. The second kappa shape index (κ2) is 12.6. The van der Waals surface area contributed by atoms with Crippen LogP contribution < -0.4 is 20.1 Å². The number of anilines is 2. The van der Waals surface area contributed by atoms with Crippen molar-refractivity contribution in [2.45, 2.75) is 13.8 Å². The molecule has 0 saturated heterocycles. The number of para-hydroxylation sites is 4. The van der Waals surface area contributed by atoms with Gasteiger partial charge in [-0.15, -0.1) is 0 Å². The van der Waals surface area contributed by atoms with Gasteiger partial charge in [-0.25, -0.2) is 9.59 Å². The maximum atomic E-state index is 11.9. The normalized spacial score (nSPS) is 9.94. The molecule has 0 atom stereocenters. The van der Waals surface area contributed by atoms with Crippen LogP contribution in [0.3, 0.4) is 0 Å². The van der Waals surface area contributed by atoms with Crippen LogP contribution in [0.1, 0.15) is 13.8 Å². The zero-order valence-electron chi connectivity index (χ0n) is 17.7. The lowest BCUT2D eigenvalue weighted by molar-refractivity contribution is -0.152. The summed E-state index contributed by atoms with van der Waals surface area (Å²) >= 11 is 0. The molecule has 0 heterocycles. The Morgan fingerprint density at radius 3 is 1.41 bits per heavy atom. The van der Waals surface area contributed by atoms with E-state index in [1.54, 1.807) is 62.4 Å². The van der Waals surface area contributed by atoms with Crippen LogP contribution in [0.4, 0.5) is 11.4 Å². The van der Waals surface area contributed by atoms with Crippen molar-refractivity contribution in [3.8, 4) is 11.5 Å². The molecule has 0 aliphatic heterocycles. The van der Waals surface area contributed by atoms with E-state index in [1.165, 1.54) is 0 Å². The monoisotopic (exact) mass is 444 g/mol. The first-order chi connectivity index (χ1) is 15.5. The van der Waals surface area contributed by atoms with Gasteiger partial charge in [0.1, 0.15) is 24.7 Å². The molecule has 10 nitrogen and oxygen atoms in total. The Labute approximate surface area is 184 Å². The summed E-state index contributed by atoms with van der Waals surface area (Å²) in [5.41, 5.74) is 0.598. The molecule has 2 aromatic rings. The van der Waals surface area contributed by atoms with Crippen LogP contribution in [-0.4, -0.2) is 50.2 Å². The number of carbonyl (C=O) groups is 4. The molecule has 0 spiro atoms. The van der Waals surface area contributed by atoms with Crippen molar-refractivity contribution in [1.82, 2.24) is 0 Å². The van der Waals surface area contributed by atoms with Gasteiger partial charge in [0.05, 0.1) is 24.6 Å². The molecule has 2 rings (SSSR count). The highest BCUT2D eigenvalue weighted by molar-refractivity contribution is 6.38. The third kappa shape index (κ3) is 7.31. The van der Waals surface area contributed by atoms with Crippen LogP contribution in [-0.2, 0) is 28.7 Å². The van der Waals surface area contributed by atoms with E-state index in [4.69, 9.17) is 9.47 Å². The van der Waals surface area contributed by atoms with Gasteiger partial charge in [-0.2, -0.15) is 0 Å². The highest BCUT2D eigenvalue weighted by Gasteiger charge is 2.18. The van der Waals surface area contributed by atoms with Gasteiger partial charge in [0.25, 0.3) is 0 Å². The van der Waals surface area contributed by atoms with E-state index in [0.717, 1.165) is 0 Å². The molecule has 2 amide bonds. The SMILES string of the molecule is CCOC(=O)C(=O)Nc1ccccc1OCCOc1ccccc1NC(=O)C(=O)OCC. The first kappa shape index (κ1) is 24.2. The van der Waals surface area contributed by atoms with E-state index in [0.29, 0.717) is 22.9 Å². The third-order valence-electron chi connectivity index (χ3n) is 3.79. The number of benzene rings is 2. The number of nitrogens with one attached hydrogen (secondary N) is 2. The number of carbonyl (C=O) groups excluding carboxylic acids is 4. The summed E-state index contributed by atoms with van der Waals surface area (Å²) in [4.78, 5) is 46.7. The summed E-state index contributed by atoms with van der Waals surface area (Å²) in [6, 6.07) is 13.1. The van der Waals surface area contributed by atoms with Gasteiger partial charge in [0, 0.05) is 0 Å². The quantitative estimate of drug-likeness (QED) is 0.342. The van der Waals surface area contributed by atoms with Crippen molar-refractivity contribution in [3.05, 3.63) is 48.5 Å². The molecule has 0 bridgehead atoms. The summed E-state index contributed by atoms with van der Waals surface area (Å²) in [6.45, 7) is 3.55. The summed E-state index contributed by atoms with van der Waals surface area (Å²) in [7, 11) is 0. The van der Waals surface area contributed by atoms with Crippen LogP contribution in [0, 0.1) is 0 Å². The molecule has 0 saturated carbocycles. The maximum Gasteiger partial charge on any atom is 0.397 e. The van der Waals surface area contributed by atoms with Crippen LogP contribution in [0.5, 0.6) is 11.5 Å². The van der Waals surface area contributed by atoms with Crippen LogP contribution >= 0.6 is 0 Å². The number of rotatable bonds is 9. The maximum absolute atomic E-state index is 11.9. The molecule has 0 aliphatic rings. The predicted octanol–water partition coefficient (Wildman–Crippen LogP) is 2.15. The average Bonchev–Trinajstić information content (AvgIpc) is 2.79. The number of ether oxygens (including phenoxy) is 4. The van der Waals surface area contributed by atoms with Crippen LogP contribution in [0.2, 0.25) is 0 Å². The molecule has 2 N–H and O–H groups in total. The van der Waals surface area contributed by atoms with Gasteiger partial charge in [0.15, 0.2) is 0 Å². The van der Waals surface area contributed by atoms with E-state index >= 15 is 0 Å². The van der Waals surface area contributed by atoms with Crippen molar-refractivity contribution in [2.24, 2.45) is 0 Å². The molecule has 10 heteroatoms. The molecular formula is C22H24N2O8. The Kier molecular flexibility index (Phi) is 9.51. The van der Waals surface area contributed by atoms with Crippen LogP contribution in [0.25, 0.3) is 0 Å². The number of amides is 2. The molecule has 0 fully saturated rings. The topological polar surface area (TPSA) is 129 Å². The highest BCUT2D eigenvalue weighted by Crippen LogP contribution is 2.25. The Morgan fingerprint density at radius 2 is 1.03 bits per heavy atom. The van der Waals surface area contributed by atoms with E-state index < -0.39 is 23.8 Å². The van der Waals surface area contributed by atoms with E-state index in [-0.39, 0.29) is 26.4 Å². The summed E-state index contributed by atoms with van der Waals surface area (Å²) < 4.78 is 20.6. The molecular weight excluding hydrogens is 420 g/mol. The summed E-state index contributed by atoms with van der Waals surface area (Å²) in [6.07, 6.45) is 0. The van der Waals surface area contributed by atoms with Crippen molar-refractivity contribution in [1.29, 1.82) is 0 Å². The van der Waals surface area contributed by atoms with Gasteiger partial charge < -0.3 is 29.6 Å². The fourth-order valence-electron chi connectivity index (χ4n) is 2.43. The molecule has 0 aromatic heterocycles. The van der Waals surface area contributed by atoms with Gasteiger partial charge in [-0.3, -0.25) is 9.59 Å². The minimum atomic E-state index is -0.993. The summed E-state index contributed by atoms with van der Waals surface area (Å²) in [5, 5.41) is 4.87. The van der Waals surface area contributed by atoms with E-state index in [1.807, 2.05) is 0 Å². The molecule has 0 aliphatic carbocycles. The van der Waals surface area contributed by atoms with Crippen LogP contribution in [0.15, 0.2) is 48.5 Å². The Bertz CT molecular complexity index is 883.